The van der Waals surface area contributed by atoms with E-state index in [-0.39, 0.29) is 22.0 Å². The standard InChI is InChI=1S/C27H26ClFN6O3/c1-27(2,3)23-15-24(35(34-23)17-7-10-21(29)20(28)13-17)33-26(37)32-16-5-8-18(9-6-16)38-19-11-12-31-22(14-19)25(36)30-4/h5-15H,1-4H3,(H,30,36)(H2,32,33,37). The number of rotatable bonds is 6. The van der Waals surface area contributed by atoms with Gasteiger partial charge in [-0.15, -0.1) is 0 Å². The molecule has 11 heteroatoms. The lowest BCUT2D eigenvalue weighted by atomic mass is 9.92. The van der Waals surface area contributed by atoms with E-state index in [0.29, 0.717) is 28.7 Å². The summed E-state index contributed by atoms with van der Waals surface area (Å²) >= 11 is 5.97. The molecule has 0 aliphatic heterocycles. The zero-order valence-electron chi connectivity index (χ0n) is 21.2. The van der Waals surface area contributed by atoms with Gasteiger partial charge in [0.05, 0.1) is 16.4 Å². The molecule has 0 atom stereocenters. The van der Waals surface area contributed by atoms with Crippen molar-refractivity contribution in [2.75, 3.05) is 17.7 Å². The van der Waals surface area contributed by atoms with Crippen LogP contribution in [-0.4, -0.2) is 33.8 Å². The van der Waals surface area contributed by atoms with Crippen LogP contribution >= 0.6 is 11.6 Å². The van der Waals surface area contributed by atoms with Gasteiger partial charge in [-0.25, -0.2) is 13.9 Å². The number of pyridine rings is 1. The molecule has 0 bridgehead atoms. The molecule has 0 unspecified atom stereocenters. The smallest absolute Gasteiger partial charge is 0.324 e. The zero-order valence-corrected chi connectivity index (χ0v) is 21.9. The third kappa shape index (κ3) is 6.27. The minimum absolute atomic E-state index is 0.0513. The summed E-state index contributed by atoms with van der Waals surface area (Å²) in [5.74, 6) is 0.472. The lowest BCUT2D eigenvalue weighted by Crippen LogP contribution is -2.21. The van der Waals surface area contributed by atoms with Crippen molar-refractivity contribution in [3.63, 3.8) is 0 Å². The number of benzene rings is 2. The number of hydrogen-bond donors (Lipinski definition) is 3. The average molecular weight is 537 g/mol. The predicted molar refractivity (Wildman–Crippen MR) is 144 cm³/mol. The summed E-state index contributed by atoms with van der Waals surface area (Å²) in [6.45, 7) is 5.99. The summed E-state index contributed by atoms with van der Waals surface area (Å²) in [5.41, 5.74) is 1.68. The Kier molecular flexibility index (Phi) is 7.63. The van der Waals surface area contributed by atoms with Gasteiger partial charge in [-0.1, -0.05) is 32.4 Å². The van der Waals surface area contributed by atoms with Gasteiger partial charge in [0.2, 0.25) is 0 Å². The maximum atomic E-state index is 13.7. The first-order valence-corrected chi connectivity index (χ1v) is 12.0. The van der Waals surface area contributed by atoms with E-state index in [2.05, 4.69) is 26.0 Å². The molecule has 0 fully saturated rings. The second-order valence-corrected chi connectivity index (χ2v) is 9.74. The Labute approximate surface area is 224 Å². The molecule has 0 saturated heterocycles. The monoisotopic (exact) mass is 536 g/mol. The van der Waals surface area contributed by atoms with Crippen molar-refractivity contribution in [1.29, 1.82) is 0 Å². The lowest BCUT2D eigenvalue weighted by Gasteiger charge is -2.14. The first-order chi connectivity index (χ1) is 18.0. The first kappa shape index (κ1) is 26.6. The molecule has 4 aromatic rings. The molecule has 0 saturated carbocycles. The third-order valence-electron chi connectivity index (χ3n) is 5.41. The number of amides is 3. The zero-order chi connectivity index (χ0) is 27.4. The van der Waals surface area contributed by atoms with E-state index >= 15 is 0 Å². The molecule has 196 valence electrons. The van der Waals surface area contributed by atoms with Crippen molar-refractivity contribution >= 4 is 35.0 Å². The van der Waals surface area contributed by atoms with Crippen LogP contribution in [0.1, 0.15) is 37.0 Å². The maximum Gasteiger partial charge on any atom is 0.324 e. The molecule has 38 heavy (non-hydrogen) atoms. The minimum Gasteiger partial charge on any atom is -0.457 e. The topological polar surface area (TPSA) is 110 Å². The van der Waals surface area contributed by atoms with Gasteiger partial charge in [0.25, 0.3) is 5.91 Å². The molecule has 0 aliphatic carbocycles. The molecular weight excluding hydrogens is 511 g/mol. The van der Waals surface area contributed by atoms with Crippen molar-refractivity contribution in [3.8, 4) is 17.2 Å². The number of urea groups is 1. The van der Waals surface area contributed by atoms with Crippen molar-refractivity contribution in [3.05, 3.63) is 89.1 Å². The summed E-state index contributed by atoms with van der Waals surface area (Å²) in [4.78, 5) is 28.6. The largest absolute Gasteiger partial charge is 0.457 e. The Balaban J connectivity index is 1.48. The number of halogens is 2. The van der Waals surface area contributed by atoms with E-state index in [0.717, 1.165) is 5.69 Å². The van der Waals surface area contributed by atoms with Gasteiger partial charge in [-0.05, 0) is 48.5 Å². The number of hydrogen-bond acceptors (Lipinski definition) is 5. The highest BCUT2D eigenvalue weighted by Crippen LogP contribution is 2.28. The van der Waals surface area contributed by atoms with Crippen LogP contribution in [0.15, 0.2) is 66.9 Å². The van der Waals surface area contributed by atoms with Crippen molar-refractivity contribution < 1.29 is 18.7 Å². The van der Waals surface area contributed by atoms with Gasteiger partial charge in [0.15, 0.2) is 0 Å². The highest BCUT2D eigenvalue weighted by atomic mass is 35.5. The van der Waals surface area contributed by atoms with Crippen LogP contribution in [-0.2, 0) is 5.41 Å². The summed E-state index contributed by atoms with van der Waals surface area (Å²) in [6.07, 6.45) is 1.48. The Morgan fingerprint density at radius 3 is 2.37 bits per heavy atom. The molecule has 2 aromatic heterocycles. The van der Waals surface area contributed by atoms with E-state index in [4.69, 9.17) is 16.3 Å². The van der Waals surface area contributed by atoms with Gasteiger partial charge in [-0.2, -0.15) is 5.10 Å². The molecular formula is C27H26ClFN6O3. The molecule has 9 nitrogen and oxygen atoms in total. The number of aromatic nitrogens is 3. The molecule has 2 aromatic carbocycles. The van der Waals surface area contributed by atoms with E-state index < -0.39 is 11.8 Å². The van der Waals surface area contributed by atoms with Gasteiger partial charge < -0.3 is 15.4 Å². The third-order valence-corrected chi connectivity index (χ3v) is 5.70. The Bertz CT molecular complexity index is 1480. The molecule has 0 aliphatic rings. The second-order valence-electron chi connectivity index (χ2n) is 9.34. The Morgan fingerprint density at radius 1 is 0.974 bits per heavy atom. The SMILES string of the molecule is CNC(=O)c1cc(Oc2ccc(NC(=O)Nc3cc(C(C)(C)C)nn3-c3ccc(F)c(Cl)c3)cc2)ccn1. The highest BCUT2D eigenvalue weighted by Gasteiger charge is 2.22. The second kappa shape index (κ2) is 10.9. The number of carbonyl (C=O) groups excluding carboxylic acids is 2. The van der Waals surface area contributed by atoms with Crippen molar-refractivity contribution in [2.45, 2.75) is 26.2 Å². The summed E-state index contributed by atoms with van der Waals surface area (Å²) < 4.78 is 21.0. The quantitative estimate of drug-likeness (QED) is 0.273. The van der Waals surface area contributed by atoms with Gasteiger partial charge in [0.1, 0.15) is 28.8 Å². The van der Waals surface area contributed by atoms with Crippen LogP contribution in [0.2, 0.25) is 5.02 Å². The number of nitrogens with zero attached hydrogens (tertiary/aromatic N) is 3. The molecule has 2 heterocycles. The molecule has 0 spiro atoms. The number of carbonyl (C=O) groups is 2. The fraction of sp³-hybridized carbons (Fsp3) is 0.185. The van der Waals surface area contributed by atoms with Crippen LogP contribution in [0.3, 0.4) is 0 Å². The Morgan fingerprint density at radius 2 is 1.71 bits per heavy atom. The van der Waals surface area contributed by atoms with Gasteiger partial charge >= 0.3 is 6.03 Å². The average Bonchev–Trinajstić information content (AvgIpc) is 3.31. The van der Waals surface area contributed by atoms with Crippen molar-refractivity contribution in [2.24, 2.45) is 0 Å². The lowest BCUT2D eigenvalue weighted by molar-refractivity contribution is 0.0957. The molecule has 0 radical (unpaired) electrons. The van der Waals surface area contributed by atoms with Crippen LogP contribution < -0.4 is 20.7 Å². The van der Waals surface area contributed by atoms with Gasteiger partial charge in [-0.3, -0.25) is 15.1 Å². The van der Waals surface area contributed by atoms with E-state index in [9.17, 15) is 14.0 Å². The minimum atomic E-state index is -0.547. The van der Waals surface area contributed by atoms with Crippen LogP contribution in [0, 0.1) is 5.82 Å². The number of nitrogens with one attached hydrogen (secondary N) is 3. The highest BCUT2D eigenvalue weighted by molar-refractivity contribution is 6.30. The van der Waals surface area contributed by atoms with Crippen LogP contribution in [0.5, 0.6) is 11.5 Å². The van der Waals surface area contributed by atoms with Crippen LogP contribution in [0.4, 0.5) is 20.7 Å². The normalized spacial score (nSPS) is 11.1. The number of anilines is 2. The first-order valence-electron chi connectivity index (χ1n) is 11.6. The summed E-state index contributed by atoms with van der Waals surface area (Å²) in [5, 5.41) is 12.6. The van der Waals surface area contributed by atoms with E-state index in [1.165, 1.54) is 42.2 Å². The van der Waals surface area contributed by atoms with E-state index in [1.54, 1.807) is 36.4 Å². The maximum absolute atomic E-state index is 13.7. The predicted octanol–water partition coefficient (Wildman–Crippen LogP) is 6.15. The fourth-order valence-electron chi connectivity index (χ4n) is 3.40. The van der Waals surface area contributed by atoms with Crippen LogP contribution in [0.25, 0.3) is 5.69 Å². The van der Waals surface area contributed by atoms with E-state index in [1.807, 2.05) is 20.8 Å². The summed E-state index contributed by atoms with van der Waals surface area (Å²) in [7, 11) is 1.52. The summed E-state index contributed by atoms with van der Waals surface area (Å²) in [6, 6.07) is 15.3. The molecule has 3 N–H and O–H groups in total. The fourth-order valence-corrected chi connectivity index (χ4v) is 3.57. The van der Waals surface area contributed by atoms with Crippen molar-refractivity contribution in [1.82, 2.24) is 20.1 Å². The van der Waals surface area contributed by atoms with Gasteiger partial charge in [0, 0.05) is 36.5 Å². The Hall–Kier alpha value is -4.44. The number of ether oxygens (including phenoxy) is 1. The molecule has 4 rings (SSSR count). The molecule has 3 amide bonds.